The Labute approximate surface area is 170 Å². The number of hydrogen-bond donors (Lipinski definition) is 0. The predicted octanol–water partition coefficient (Wildman–Crippen LogP) is 3.66. The highest BCUT2D eigenvalue weighted by Gasteiger charge is 2.38. The van der Waals surface area contributed by atoms with Crippen molar-refractivity contribution < 1.29 is 27.4 Å². The van der Waals surface area contributed by atoms with Crippen molar-refractivity contribution in [3.8, 4) is 11.5 Å². The van der Waals surface area contributed by atoms with E-state index in [-0.39, 0.29) is 11.0 Å². The summed E-state index contributed by atoms with van der Waals surface area (Å²) < 4.78 is 52.1. The van der Waals surface area contributed by atoms with Crippen LogP contribution in [0.2, 0.25) is 0 Å². The van der Waals surface area contributed by atoms with Gasteiger partial charge >= 0.3 is 6.18 Å². The number of nitrogens with zero attached hydrogens (tertiary/aromatic N) is 3. The van der Waals surface area contributed by atoms with Gasteiger partial charge in [-0.1, -0.05) is 12.1 Å². The van der Waals surface area contributed by atoms with Gasteiger partial charge in [0.25, 0.3) is 0 Å². The average molecular weight is 419 g/mol. The molecule has 0 aliphatic carbocycles. The second kappa shape index (κ2) is 7.55. The molecule has 30 heavy (non-hydrogen) atoms. The molecule has 6 nitrogen and oxygen atoms in total. The molecule has 1 amide bonds. The van der Waals surface area contributed by atoms with Gasteiger partial charge in [0.2, 0.25) is 11.7 Å². The molecule has 0 N–H and O–H groups in total. The fourth-order valence-electron chi connectivity index (χ4n) is 3.78. The van der Waals surface area contributed by atoms with Crippen LogP contribution in [0.5, 0.6) is 11.5 Å². The second-order valence-corrected chi connectivity index (χ2v) is 7.05. The number of methoxy groups -OCH3 is 2. The van der Waals surface area contributed by atoms with E-state index in [4.69, 9.17) is 9.47 Å². The number of fused-ring (bicyclic) bond motifs is 2. The fourth-order valence-corrected chi connectivity index (χ4v) is 3.78. The highest BCUT2D eigenvalue weighted by molar-refractivity contribution is 5.81. The number of rotatable bonds is 4. The number of alkyl halides is 3. The molecule has 2 aromatic carbocycles. The number of amides is 1. The van der Waals surface area contributed by atoms with Gasteiger partial charge in [0, 0.05) is 13.1 Å². The van der Waals surface area contributed by atoms with Crippen molar-refractivity contribution in [1.29, 1.82) is 0 Å². The summed E-state index contributed by atoms with van der Waals surface area (Å²) in [5, 5.41) is 0. The minimum atomic E-state index is -4.66. The van der Waals surface area contributed by atoms with Gasteiger partial charge in [-0.3, -0.25) is 4.79 Å². The Morgan fingerprint density at radius 1 is 1.10 bits per heavy atom. The van der Waals surface area contributed by atoms with Crippen LogP contribution < -0.4 is 9.47 Å². The van der Waals surface area contributed by atoms with E-state index in [0.29, 0.717) is 31.0 Å². The lowest BCUT2D eigenvalue weighted by Crippen LogP contribution is -2.38. The van der Waals surface area contributed by atoms with Crippen LogP contribution in [0, 0.1) is 0 Å². The first kappa shape index (κ1) is 20.1. The molecule has 1 aliphatic heterocycles. The van der Waals surface area contributed by atoms with Crippen molar-refractivity contribution in [2.24, 2.45) is 0 Å². The van der Waals surface area contributed by atoms with Crippen molar-refractivity contribution in [2.75, 3.05) is 20.8 Å². The first-order valence-electron chi connectivity index (χ1n) is 9.36. The van der Waals surface area contributed by atoms with E-state index in [2.05, 4.69) is 4.98 Å². The van der Waals surface area contributed by atoms with Crippen molar-refractivity contribution in [3.63, 3.8) is 0 Å². The average Bonchev–Trinajstić information content (AvgIpc) is 3.11. The number of imidazole rings is 1. The molecule has 0 spiro atoms. The van der Waals surface area contributed by atoms with Crippen LogP contribution in [-0.2, 0) is 30.5 Å². The van der Waals surface area contributed by atoms with Gasteiger partial charge in [0.15, 0.2) is 11.5 Å². The van der Waals surface area contributed by atoms with Gasteiger partial charge in [-0.15, -0.1) is 0 Å². The van der Waals surface area contributed by atoms with E-state index in [1.54, 1.807) is 30.2 Å². The zero-order valence-corrected chi connectivity index (χ0v) is 16.5. The number of aromatic nitrogens is 2. The zero-order chi connectivity index (χ0) is 21.5. The molecule has 0 fully saturated rings. The Hall–Kier alpha value is -3.23. The van der Waals surface area contributed by atoms with E-state index in [1.165, 1.54) is 19.2 Å². The molecule has 0 radical (unpaired) electrons. The SMILES string of the molecule is COc1cc2c(cc1OC)CN(C(=O)Cn1c(C(F)(F)F)nc3ccccc31)CC2. The van der Waals surface area contributed by atoms with Gasteiger partial charge in [-0.25, -0.2) is 4.98 Å². The van der Waals surface area contributed by atoms with Crippen LogP contribution in [0.15, 0.2) is 36.4 Å². The Morgan fingerprint density at radius 3 is 2.43 bits per heavy atom. The van der Waals surface area contributed by atoms with Gasteiger partial charge < -0.3 is 18.9 Å². The van der Waals surface area contributed by atoms with Gasteiger partial charge in [0.1, 0.15) is 6.54 Å². The van der Waals surface area contributed by atoms with E-state index < -0.39 is 24.5 Å². The molecular formula is C21H20F3N3O3. The summed E-state index contributed by atoms with van der Waals surface area (Å²) in [4.78, 5) is 18.2. The van der Waals surface area contributed by atoms with Gasteiger partial charge in [-0.05, 0) is 41.8 Å². The summed E-state index contributed by atoms with van der Waals surface area (Å²) >= 11 is 0. The van der Waals surface area contributed by atoms with E-state index in [1.807, 2.05) is 6.07 Å². The molecule has 0 saturated heterocycles. The third-order valence-electron chi connectivity index (χ3n) is 5.27. The number of ether oxygens (including phenoxy) is 2. The van der Waals surface area contributed by atoms with Crippen LogP contribution in [0.4, 0.5) is 13.2 Å². The number of carbonyl (C=O) groups excluding carboxylic acids is 1. The molecule has 2 heterocycles. The molecule has 9 heteroatoms. The van der Waals surface area contributed by atoms with Crippen LogP contribution in [0.25, 0.3) is 11.0 Å². The Kier molecular flexibility index (Phi) is 5.05. The molecule has 0 atom stereocenters. The molecule has 3 aromatic rings. The van der Waals surface area contributed by atoms with Crippen LogP contribution in [0.1, 0.15) is 17.0 Å². The molecule has 0 bridgehead atoms. The molecule has 158 valence electrons. The topological polar surface area (TPSA) is 56.6 Å². The summed E-state index contributed by atoms with van der Waals surface area (Å²) in [5.74, 6) is -0.314. The first-order valence-corrected chi connectivity index (χ1v) is 9.36. The number of hydrogen-bond acceptors (Lipinski definition) is 4. The van der Waals surface area contributed by atoms with Crippen molar-refractivity contribution in [2.45, 2.75) is 25.7 Å². The normalized spacial score (nSPS) is 14.0. The maximum absolute atomic E-state index is 13.5. The molecule has 4 rings (SSSR count). The Morgan fingerprint density at radius 2 is 1.77 bits per heavy atom. The Balaban J connectivity index is 1.62. The lowest BCUT2D eigenvalue weighted by molar-refractivity contribution is -0.148. The largest absolute Gasteiger partial charge is 0.493 e. The summed E-state index contributed by atoms with van der Waals surface area (Å²) in [6.45, 7) is 0.274. The maximum atomic E-state index is 13.5. The molecular weight excluding hydrogens is 399 g/mol. The molecule has 1 aliphatic rings. The van der Waals surface area contributed by atoms with Crippen LogP contribution >= 0.6 is 0 Å². The lowest BCUT2D eigenvalue weighted by Gasteiger charge is -2.30. The van der Waals surface area contributed by atoms with E-state index in [0.717, 1.165) is 15.7 Å². The molecule has 0 saturated carbocycles. The first-order chi connectivity index (χ1) is 14.3. The smallest absolute Gasteiger partial charge is 0.449 e. The zero-order valence-electron chi connectivity index (χ0n) is 16.5. The van der Waals surface area contributed by atoms with Gasteiger partial charge in [-0.2, -0.15) is 13.2 Å². The summed E-state index contributed by atoms with van der Waals surface area (Å²) in [5.41, 5.74) is 2.40. The third kappa shape index (κ3) is 3.55. The molecule has 0 unspecified atom stereocenters. The van der Waals surface area contributed by atoms with E-state index >= 15 is 0 Å². The predicted molar refractivity (Wildman–Crippen MR) is 103 cm³/mol. The summed E-state index contributed by atoms with van der Waals surface area (Å²) in [6, 6.07) is 9.96. The second-order valence-electron chi connectivity index (χ2n) is 7.05. The van der Waals surface area contributed by atoms with Crippen molar-refractivity contribution >= 4 is 16.9 Å². The summed E-state index contributed by atoms with van der Waals surface area (Å²) in [7, 11) is 3.08. The number of halogens is 3. The molecule has 1 aromatic heterocycles. The van der Waals surface area contributed by atoms with E-state index in [9.17, 15) is 18.0 Å². The number of para-hydroxylation sites is 2. The van der Waals surface area contributed by atoms with Crippen LogP contribution in [-0.4, -0.2) is 41.1 Å². The highest BCUT2D eigenvalue weighted by Crippen LogP contribution is 2.34. The van der Waals surface area contributed by atoms with Gasteiger partial charge in [0.05, 0.1) is 25.3 Å². The monoisotopic (exact) mass is 419 g/mol. The number of benzene rings is 2. The highest BCUT2D eigenvalue weighted by atomic mass is 19.4. The minimum absolute atomic E-state index is 0.207. The quantitative estimate of drug-likeness (QED) is 0.648. The fraction of sp³-hybridized carbons (Fsp3) is 0.333. The Bertz CT molecular complexity index is 1110. The maximum Gasteiger partial charge on any atom is 0.449 e. The van der Waals surface area contributed by atoms with Crippen LogP contribution in [0.3, 0.4) is 0 Å². The summed E-state index contributed by atoms with van der Waals surface area (Å²) in [6.07, 6.45) is -4.07. The third-order valence-corrected chi connectivity index (χ3v) is 5.27. The number of carbonyl (C=O) groups is 1. The van der Waals surface area contributed by atoms with Crippen molar-refractivity contribution in [3.05, 3.63) is 53.3 Å². The minimum Gasteiger partial charge on any atom is -0.493 e. The van der Waals surface area contributed by atoms with Crippen molar-refractivity contribution in [1.82, 2.24) is 14.5 Å². The lowest BCUT2D eigenvalue weighted by atomic mass is 9.98. The standard InChI is InChI=1S/C21H20F3N3O3/c1-29-17-9-13-7-8-26(11-14(13)10-18(17)30-2)19(28)12-27-16-6-4-3-5-15(16)25-20(27)21(22,23)24/h3-6,9-10H,7-8,11-12H2,1-2H3.